The average Bonchev–Trinajstić information content (AvgIpc) is 2.93. The first-order valence-electron chi connectivity index (χ1n) is 13.2. The predicted octanol–water partition coefficient (Wildman–Crippen LogP) is 4.38. The maximum Gasteiger partial charge on any atom is 0.234 e. The molecule has 1 N–H and O–H groups in total. The number of amides is 1. The number of fused-ring (bicyclic) bond motifs is 1. The smallest absolute Gasteiger partial charge is 0.234 e. The second kappa shape index (κ2) is 13.7. The molecule has 0 atom stereocenters. The fraction of sp³-hybridized carbons (Fsp3) is 0.433. The van der Waals surface area contributed by atoms with Crippen LogP contribution < -0.4 is 14.8 Å². The number of carbonyl (C=O) groups excluding carboxylic acids is 1. The van der Waals surface area contributed by atoms with Crippen LogP contribution in [0.1, 0.15) is 47.9 Å². The normalized spacial score (nSPS) is 13.3. The van der Waals surface area contributed by atoms with E-state index < -0.39 is 0 Å². The molecule has 1 aliphatic rings. The highest BCUT2D eigenvalue weighted by Crippen LogP contribution is 2.33. The Morgan fingerprint density at radius 1 is 0.892 bits per heavy atom. The molecule has 0 radical (unpaired) electrons. The molecule has 0 aliphatic carbocycles. The second-order valence-electron chi connectivity index (χ2n) is 9.70. The van der Waals surface area contributed by atoms with Gasteiger partial charge >= 0.3 is 0 Å². The Labute approximate surface area is 220 Å². The van der Waals surface area contributed by atoms with Gasteiger partial charge in [-0.25, -0.2) is 0 Å². The van der Waals surface area contributed by atoms with Crippen molar-refractivity contribution >= 4 is 5.91 Å². The fourth-order valence-corrected chi connectivity index (χ4v) is 5.05. The summed E-state index contributed by atoms with van der Waals surface area (Å²) in [4.78, 5) is 23.5. The Morgan fingerprint density at radius 3 is 1.97 bits per heavy atom. The lowest BCUT2D eigenvalue weighted by Crippen LogP contribution is -2.43. The van der Waals surface area contributed by atoms with E-state index in [-0.39, 0.29) is 11.9 Å². The standard InChI is InChI=1S/C30H38N4O3/c1-36-28-19-25-13-18-34(21-26(25)20-29(28)37-2)22-30(35)33-27(7-3-5-23-9-14-31-15-10-23)8-4-6-24-11-16-32-17-12-24/h9-12,14-17,19-20,27H,3-8,13,18,21-22H2,1-2H3,(H,33,35). The molecule has 0 bridgehead atoms. The van der Waals surface area contributed by atoms with Gasteiger partial charge < -0.3 is 14.8 Å². The summed E-state index contributed by atoms with van der Waals surface area (Å²) in [5.41, 5.74) is 5.04. The van der Waals surface area contributed by atoms with Gasteiger partial charge in [0.05, 0.1) is 20.8 Å². The average molecular weight is 503 g/mol. The molecule has 4 rings (SSSR count). The lowest BCUT2D eigenvalue weighted by Gasteiger charge is -2.29. The number of rotatable bonds is 13. The Balaban J connectivity index is 1.31. The molecule has 3 aromatic rings. The number of hydrogen-bond acceptors (Lipinski definition) is 6. The van der Waals surface area contributed by atoms with Crippen LogP contribution in [0.3, 0.4) is 0 Å². The summed E-state index contributed by atoms with van der Waals surface area (Å²) in [6, 6.07) is 12.5. The Bertz CT molecular complexity index is 1080. The second-order valence-corrected chi connectivity index (χ2v) is 9.70. The van der Waals surface area contributed by atoms with Gasteiger partial charge in [0.2, 0.25) is 5.91 Å². The van der Waals surface area contributed by atoms with E-state index in [0.29, 0.717) is 6.54 Å². The van der Waals surface area contributed by atoms with E-state index in [9.17, 15) is 4.79 Å². The lowest BCUT2D eigenvalue weighted by atomic mass is 9.98. The minimum Gasteiger partial charge on any atom is -0.493 e. The maximum absolute atomic E-state index is 13.1. The van der Waals surface area contributed by atoms with E-state index in [1.807, 2.05) is 30.9 Å². The molecule has 7 heteroatoms. The van der Waals surface area contributed by atoms with Gasteiger partial charge in [-0.1, -0.05) is 0 Å². The van der Waals surface area contributed by atoms with Gasteiger partial charge in [0.25, 0.3) is 0 Å². The summed E-state index contributed by atoms with van der Waals surface area (Å²) in [5, 5.41) is 3.35. The maximum atomic E-state index is 13.1. The van der Waals surface area contributed by atoms with Crippen molar-refractivity contribution in [2.24, 2.45) is 0 Å². The van der Waals surface area contributed by atoms with Crippen molar-refractivity contribution in [3.63, 3.8) is 0 Å². The highest BCUT2D eigenvalue weighted by atomic mass is 16.5. The molecule has 2 aromatic heterocycles. The first-order valence-corrected chi connectivity index (χ1v) is 13.2. The van der Waals surface area contributed by atoms with Gasteiger partial charge in [-0.2, -0.15) is 0 Å². The number of methoxy groups -OCH3 is 2. The van der Waals surface area contributed by atoms with Crippen LogP contribution in [0.25, 0.3) is 0 Å². The van der Waals surface area contributed by atoms with Crippen molar-refractivity contribution in [2.75, 3.05) is 27.3 Å². The summed E-state index contributed by atoms with van der Waals surface area (Å²) in [6.07, 6.45) is 14.2. The highest BCUT2D eigenvalue weighted by molar-refractivity contribution is 5.78. The van der Waals surface area contributed by atoms with E-state index in [2.05, 4.69) is 50.5 Å². The zero-order valence-corrected chi connectivity index (χ0v) is 22.0. The number of nitrogens with one attached hydrogen (secondary N) is 1. The number of aromatic nitrogens is 2. The minimum absolute atomic E-state index is 0.0988. The number of nitrogens with zero attached hydrogens (tertiary/aromatic N) is 3. The number of ether oxygens (including phenoxy) is 2. The van der Waals surface area contributed by atoms with E-state index >= 15 is 0 Å². The SMILES string of the molecule is COc1cc2c(cc1OC)CN(CC(=O)NC(CCCc1ccncc1)CCCc1ccncc1)CC2. The molecule has 1 amide bonds. The third-order valence-corrected chi connectivity index (χ3v) is 7.06. The number of carbonyl (C=O) groups is 1. The zero-order chi connectivity index (χ0) is 25.9. The Hall–Kier alpha value is -3.45. The van der Waals surface area contributed by atoms with Gasteiger partial charge in [0, 0.05) is 43.9 Å². The number of benzene rings is 1. The van der Waals surface area contributed by atoms with Crippen molar-refractivity contribution in [3.05, 3.63) is 83.4 Å². The first-order chi connectivity index (χ1) is 18.1. The minimum atomic E-state index is 0.0988. The van der Waals surface area contributed by atoms with Crippen LogP contribution in [0.2, 0.25) is 0 Å². The van der Waals surface area contributed by atoms with Gasteiger partial charge in [-0.05, 0) is 104 Å². The van der Waals surface area contributed by atoms with Gasteiger partial charge in [0.15, 0.2) is 11.5 Å². The van der Waals surface area contributed by atoms with Crippen LogP contribution >= 0.6 is 0 Å². The van der Waals surface area contributed by atoms with Gasteiger partial charge in [-0.15, -0.1) is 0 Å². The zero-order valence-electron chi connectivity index (χ0n) is 22.0. The third-order valence-electron chi connectivity index (χ3n) is 7.06. The molecule has 196 valence electrons. The van der Waals surface area contributed by atoms with Crippen LogP contribution in [0, 0.1) is 0 Å². The number of pyridine rings is 2. The van der Waals surface area contributed by atoms with Crippen molar-refractivity contribution in [1.29, 1.82) is 0 Å². The van der Waals surface area contributed by atoms with Crippen LogP contribution in [-0.4, -0.2) is 54.1 Å². The summed E-state index contributed by atoms with van der Waals surface area (Å²) in [6.45, 7) is 1.99. The molecule has 7 nitrogen and oxygen atoms in total. The van der Waals surface area contributed by atoms with E-state index in [4.69, 9.17) is 9.47 Å². The van der Waals surface area contributed by atoms with Crippen molar-refractivity contribution in [1.82, 2.24) is 20.2 Å². The van der Waals surface area contributed by atoms with E-state index in [1.165, 1.54) is 22.3 Å². The molecular formula is C30H38N4O3. The summed E-state index contributed by atoms with van der Waals surface area (Å²) >= 11 is 0. The van der Waals surface area contributed by atoms with Crippen molar-refractivity contribution in [3.8, 4) is 11.5 Å². The molecule has 1 aromatic carbocycles. The molecule has 0 unspecified atom stereocenters. The molecular weight excluding hydrogens is 464 g/mol. The molecule has 3 heterocycles. The van der Waals surface area contributed by atoms with Crippen LogP contribution in [-0.2, 0) is 30.6 Å². The van der Waals surface area contributed by atoms with Crippen molar-refractivity contribution in [2.45, 2.75) is 57.5 Å². The monoisotopic (exact) mass is 502 g/mol. The van der Waals surface area contributed by atoms with Gasteiger partial charge in [0.1, 0.15) is 0 Å². The quantitative estimate of drug-likeness (QED) is 0.374. The molecule has 0 saturated carbocycles. The van der Waals surface area contributed by atoms with E-state index in [1.54, 1.807) is 14.2 Å². The van der Waals surface area contributed by atoms with Crippen LogP contribution in [0.5, 0.6) is 11.5 Å². The summed E-state index contributed by atoms with van der Waals surface area (Å²) < 4.78 is 10.9. The molecule has 0 saturated heterocycles. The van der Waals surface area contributed by atoms with Crippen LogP contribution in [0.15, 0.2) is 61.2 Å². The Kier molecular flexibility index (Phi) is 9.89. The Morgan fingerprint density at radius 2 is 1.43 bits per heavy atom. The van der Waals surface area contributed by atoms with Crippen molar-refractivity contribution < 1.29 is 14.3 Å². The fourth-order valence-electron chi connectivity index (χ4n) is 5.05. The topological polar surface area (TPSA) is 76.6 Å². The highest BCUT2D eigenvalue weighted by Gasteiger charge is 2.22. The molecule has 0 fully saturated rings. The first kappa shape index (κ1) is 26.6. The van der Waals surface area contributed by atoms with Gasteiger partial charge in [-0.3, -0.25) is 19.7 Å². The lowest BCUT2D eigenvalue weighted by molar-refractivity contribution is -0.123. The summed E-state index contributed by atoms with van der Waals surface area (Å²) in [5.74, 6) is 1.59. The third kappa shape index (κ3) is 8.02. The molecule has 1 aliphatic heterocycles. The number of hydrogen-bond donors (Lipinski definition) is 1. The number of aryl methyl sites for hydroxylation is 2. The molecule has 37 heavy (non-hydrogen) atoms. The van der Waals surface area contributed by atoms with E-state index in [0.717, 1.165) is 69.5 Å². The summed E-state index contributed by atoms with van der Waals surface area (Å²) in [7, 11) is 3.32. The van der Waals surface area contributed by atoms with Crippen LogP contribution in [0.4, 0.5) is 0 Å². The molecule has 0 spiro atoms. The predicted molar refractivity (Wildman–Crippen MR) is 145 cm³/mol. The largest absolute Gasteiger partial charge is 0.493 e.